The summed E-state index contributed by atoms with van der Waals surface area (Å²) in [5.74, 6) is 0.110. The highest BCUT2D eigenvalue weighted by atomic mass is 35.5. The van der Waals surface area contributed by atoms with Gasteiger partial charge in [0.25, 0.3) is 0 Å². The molecule has 0 unspecified atom stereocenters. The van der Waals surface area contributed by atoms with Crippen molar-refractivity contribution in [2.75, 3.05) is 32.7 Å². The molecule has 2 aliphatic rings. The van der Waals surface area contributed by atoms with E-state index in [1.54, 1.807) is 6.07 Å². The second-order valence-corrected chi connectivity index (χ2v) is 16.6. The average Bonchev–Trinajstić information content (AvgIpc) is 3.59. The number of para-hydroxylation sites is 1. The van der Waals surface area contributed by atoms with Crippen LogP contribution in [-0.2, 0) is 31.4 Å². The fourth-order valence-corrected chi connectivity index (χ4v) is 10.3. The maximum atomic E-state index is 14.1. The maximum Gasteiger partial charge on any atom is 0.245 e. The minimum atomic E-state index is -4.25. The summed E-state index contributed by atoms with van der Waals surface area (Å²) in [6.45, 7) is 4.18. The molecule has 11 nitrogen and oxygen atoms in total. The molecule has 2 saturated heterocycles. The SMILES string of the molecule is Cc1cc(C)c2cccc(OCc3c(Cl)ccc(S(=O)(=O)N4CCC[C@H]4C(=O)N4CCN(S(=O)(=O)c5ccc(C#N)cc5)CC4)c3Cl)c2n1. The van der Waals surface area contributed by atoms with Gasteiger partial charge >= 0.3 is 0 Å². The van der Waals surface area contributed by atoms with Crippen molar-refractivity contribution in [3.8, 4) is 11.8 Å². The summed E-state index contributed by atoms with van der Waals surface area (Å²) in [4.78, 5) is 19.8. The number of fused-ring (bicyclic) bond motifs is 1. The minimum Gasteiger partial charge on any atom is -0.487 e. The van der Waals surface area contributed by atoms with Gasteiger partial charge in [-0.1, -0.05) is 35.3 Å². The largest absolute Gasteiger partial charge is 0.487 e. The van der Waals surface area contributed by atoms with Gasteiger partial charge in [-0.25, -0.2) is 21.8 Å². The molecule has 2 fully saturated rings. The number of pyridine rings is 1. The van der Waals surface area contributed by atoms with Crippen LogP contribution in [-0.4, -0.2) is 80.0 Å². The highest BCUT2D eigenvalue weighted by Gasteiger charge is 2.43. The second kappa shape index (κ2) is 13.9. The van der Waals surface area contributed by atoms with Crippen molar-refractivity contribution >= 4 is 60.1 Å². The first-order valence-corrected chi connectivity index (χ1v) is 19.2. The predicted molar refractivity (Wildman–Crippen MR) is 185 cm³/mol. The van der Waals surface area contributed by atoms with E-state index >= 15 is 0 Å². The third kappa shape index (κ3) is 6.73. The van der Waals surface area contributed by atoms with E-state index in [1.807, 2.05) is 38.1 Å². The third-order valence-corrected chi connectivity index (χ3v) is 13.7. The zero-order valence-corrected chi connectivity index (χ0v) is 29.9. The average molecular weight is 743 g/mol. The van der Waals surface area contributed by atoms with Crippen molar-refractivity contribution in [1.82, 2.24) is 18.5 Å². The number of piperazine rings is 1. The van der Waals surface area contributed by atoms with Crippen molar-refractivity contribution in [2.24, 2.45) is 0 Å². The summed E-state index contributed by atoms with van der Waals surface area (Å²) in [5, 5.41) is 10.1. The van der Waals surface area contributed by atoms with E-state index in [9.17, 15) is 21.6 Å². The number of hydrogen-bond acceptors (Lipinski definition) is 8. The Hall–Kier alpha value is -3.77. The van der Waals surface area contributed by atoms with E-state index in [-0.39, 0.29) is 70.6 Å². The molecule has 256 valence electrons. The number of hydrogen-bond donors (Lipinski definition) is 0. The molecule has 0 aliphatic carbocycles. The summed E-state index contributed by atoms with van der Waals surface area (Å²) in [7, 11) is -8.08. The molecule has 0 N–H and O–H groups in total. The lowest BCUT2D eigenvalue weighted by molar-refractivity contribution is -0.135. The number of halogens is 2. The van der Waals surface area contributed by atoms with Crippen molar-refractivity contribution in [3.63, 3.8) is 0 Å². The Morgan fingerprint density at radius 3 is 2.37 bits per heavy atom. The molecule has 2 aliphatic heterocycles. The number of rotatable bonds is 8. The smallest absolute Gasteiger partial charge is 0.245 e. The maximum absolute atomic E-state index is 14.1. The first kappa shape index (κ1) is 35.1. The van der Waals surface area contributed by atoms with Gasteiger partial charge in [0.05, 0.1) is 21.6 Å². The summed E-state index contributed by atoms with van der Waals surface area (Å²) in [6.07, 6.45) is 0.784. The number of nitrogens with zero attached hydrogens (tertiary/aromatic N) is 5. The van der Waals surface area contributed by atoms with Crippen LogP contribution < -0.4 is 4.74 Å². The zero-order chi connectivity index (χ0) is 35.1. The van der Waals surface area contributed by atoms with Crippen LogP contribution in [0.4, 0.5) is 0 Å². The van der Waals surface area contributed by atoms with Crippen LogP contribution in [0, 0.1) is 25.2 Å². The van der Waals surface area contributed by atoms with Crippen LogP contribution in [0.1, 0.15) is 35.2 Å². The Morgan fingerprint density at radius 2 is 1.67 bits per heavy atom. The van der Waals surface area contributed by atoms with Gasteiger partial charge in [0, 0.05) is 54.4 Å². The third-order valence-electron chi connectivity index (χ3n) is 8.91. The van der Waals surface area contributed by atoms with Gasteiger partial charge in [-0.2, -0.15) is 13.9 Å². The molecule has 0 radical (unpaired) electrons. The highest BCUT2D eigenvalue weighted by molar-refractivity contribution is 7.89. The Balaban J connectivity index is 1.18. The number of aromatic nitrogens is 1. The molecular formula is C34H33Cl2N5O6S2. The van der Waals surface area contributed by atoms with E-state index < -0.39 is 26.1 Å². The number of nitriles is 1. The predicted octanol–water partition coefficient (Wildman–Crippen LogP) is 5.30. The first-order valence-electron chi connectivity index (χ1n) is 15.6. The van der Waals surface area contributed by atoms with Gasteiger partial charge in [-0.3, -0.25) is 4.79 Å². The van der Waals surface area contributed by atoms with Crippen LogP contribution in [0.15, 0.2) is 70.5 Å². The number of aryl methyl sites for hydroxylation is 2. The fourth-order valence-electron chi connectivity index (χ4n) is 6.34. The Morgan fingerprint density at radius 1 is 0.959 bits per heavy atom. The molecule has 1 atom stereocenters. The number of ether oxygens (including phenoxy) is 1. The quantitative estimate of drug-likeness (QED) is 0.237. The van der Waals surface area contributed by atoms with Crippen LogP contribution in [0.25, 0.3) is 10.9 Å². The number of benzene rings is 3. The van der Waals surface area contributed by atoms with Gasteiger partial charge < -0.3 is 9.64 Å². The number of sulfonamides is 2. The molecule has 3 aromatic carbocycles. The van der Waals surface area contributed by atoms with E-state index in [0.717, 1.165) is 16.6 Å². The topological polar surface area (TPSA) is 141 Å². The lowest BCUT2D eigenvalue weighted by Gasteiger charge is -2.36. The molecule has 1 amide bonds. The molecule has 3 heterocycles. The highest BCUT2D eigenvalue weighted by Crippen LogP contribution is 2.37. The van der Waals surface area contributed by atoms with Crippen LogP contribution in [0.3, 0.4) is 0 Å². The van der Waals surface area contributed by atoms with Gasteiger partial charge in [-0.15, -0.1) is 0 Å². The van der Waals surface area contributed by atoms with Gasteiger partial charge in [0.1, 0.15) is 28.8 Å². The van der Waals surface area contributed by atoms with Crippen molar-refractivity contribution in [2.45, 2.75) is 49.1 Å². The molecule has 4 aromatic rings. The number of carbonyl (C=O) groups excluding carboxylic acids is 1. The minimum absolute atomic E-state index is 0.0469. The monoisotopic (exact) mass is 741 g/mol. The second-order valence-electron chi connectivity index (χ2n) is 12.0. The van der Waals surface area contributed by atoms with Crippen LogP contribution in [0.5, 0.6) is 5.75 Å². The molecule has 1 aromatic heterocycles. The van der Waals surface area contributed by atoms with Gasteiger partial charge in [0.2, 0.25) is 26.0 Å². The van der Waals surface area contributed by atoms with Crippen molar-refractivity contribution in [3.05, 3.63) is 93.1 Å². The summed E-state index contributed by atoms with van der Waals surface area (Å²) in [6, 6.07) is 17.0. The summed E-state index contributed by atoms with van der Waals surface area (Å²) in [5.41, 5.74) is 3.17. The molecule has 6 rings (SSSR count). The standard InChI is InChI=1S/C34H33Cl2N5O6S2/c1-22-19-23(2)38-33-26(22)5-3-7-30(33)47-21-27-28(35)12-13-31(32(27)36)49(45,46)41-14-4-6-29(41)34(42)39-15-17-40(18-16-39)48(43,44)25-10-8-24(20-37)9-11-25/h3,5,7-13,19,29H,4,6,14-18,21H2,1-2H3/t29-/m0/s1. The summed E-state index contributed by atoms with van der Waals surface area (Å²) >= 11 is 13.3. The lowest BCUT2D eigenvalue weighted by atomic mass is 10.1. The van der Waals surface area contributed by atoms with E-state index in [4.69, 9.17) is 33.2 Å². The molecule has 0 spiro atoms. The van der Waals surface area contributed by atoms with Gasteiger partial charge in [0.15, 0.2) is 0 Å². The van der Waals surface area contributed by atoms with E-state index in [1.165, 1.54) is 49.9 Å². The number of carbonyl (C=O) groups is 1. The Bertz CT molecular complexity index is 2200. The van der Waals surface area contributed by atoms with E-state index in [2.05, 4.69) is 4.98 Å². The Labute approximate surface area is 295 Å². The van der Waals surface area contributed by atoms with E-state index in [0.29, 0.717) is 29.7 Å². The van der Waals surface area contributed by atoms with Crippen LogP contribution >= 0.6 is 23.2 Å². The molecular weight excluding hydrogens is 709 g/mol. The molecule has 0 bridgehead atoms. The summed E-state index contributed by atoms with van der Waals surface area (Å²) < 4.78 is 63.1. The molecule has 15 heteroatoms. The zero-order valence-electron chi connectivity index (χ0n) is 26.8. The molecule has 0 saturated carbocycles. The lowest BCUT2D eigenvalue weighted by Crippen LogP contribution is -2.55. The normalized spacial score (nSPS) is 17.7. The first-order chi connectivity index (χ1) is 23.3. The van der Waals surface area contributed by atoms with Gasteiger partial charge in [-0.05, 0) is 80.8 Å². The van der Waals surface area contributed by atoms with Crippen molar-refractivity contribution < 1.29 is 26.4 Å². The van der Waals surface area contributed by atoms with Crippen molar-refractivity contribution in [1.29, 1.82) is 5.26 Å². The fraction of sp³-hybridized carbons (Fsp3) is 0.324. The van der Waals surface area contributed by atoms with Crippen LogP contribution in [0.2, 0.25) is 10.0 Å². The number of amides is 1. The Kier molecular flexibility index (Phi) is 9.92. The molecule has 49 heavy (non-hydrogen) atoms.